The van der Waals surface area contributed by atoms with Gasteiger partial charge in [0.2, 0.25) is 5.91 Å². The number of aryl methyl sites for hydroxylation is 1. The van der Waals surface area contributed by atoms with E-state index in [0.717, 1.165) is 45.7 Å². The summed E-state index contributed by atoms with van der Waals surface area (Å²) in [5, 5.41) is 3.74. The summed E-state index contributed by atoms with van der Waals surface area (Å²) in [6.45, 7) is 5.97. The predicted molar refractivity (Wildman–Crippen MR) is 115 cm³/mol. The lowest BCUT2D eigenvalue weighted by atomic mass is 10.1. The fourth-order valence-corrected chi connectivity index (χ4v) is 4.02. The second kappa shape index (κ2) is 8.61. The van der Waals surface area contributed by atoms with Crippen molar-refractivity contribution in [3.8, 4) is 22.8 Å². The van der Waals surface area contributed by atoms with Gasteiger partial charge in [0.1, 0.15) is 13.2 Å². The van der Waals surface area contributed by atoms with E-state index in [1.165, 1.54) is 11.8 Å². The van der Waals surface area contributed by atoms with Crippen molar-refractivity contribution in [1.82, 2.24) is 9.55 Å². The Morgan fingerprint density at radius 3 is 2.66 bits per heavy atom. The maximum absolute atomic E-state index is 12.3. The minimum absolute atomic E-state index is 0.0506. The van der Waals surface area contributed by atoms with Crippen LogP contribution in [0.2, 0.25) is 0 Å². The molecule has 1 N–H and O–H groups in total. The molecule has 1 amide bonds. The fraction of sp³-hybridized carbons (Fsp3) is 0.273. The van der Waals surface area contributed by atoms with Gasteiger partial charge in [-0.25, -0.2) is 4.98 Å². The Morgan fingerprint density at radius 1 is 1.14 bits per heavy atom. The maximum atomic E-state index is 12.3. The number of hydrogen-bond donors (Lipinski definition) is 1. The molecule has 6 nitrogen and oxygen atoms in total. The summed E-state index contributed by atoms with van der Waals surface area (Å²) >= 11 is 1.43. The number of thioether (sulfide) groups is 1. The number of amides is 1. The minimum atomic E-state index is -0.0506. The molecule has 1 aliphatic heterocycles. The van der Waals surface area contributed by atoms with Crippen LogP contribution < -0.4 is 14.8 Å². The van der Waals surface area contributed by atoms with Crippen LogP contribution >= 0.6 is 11.8 Å². The van der Waals surface area contributed by atoms with Crippen LogP contribution in [0.15, 0.2) is 53.8 Å². The molecule has 0 saturated heterocycles. The molecule has 29 heavy (non-hydrogen) atoms. The molecule has 7 heteroatoms. The van der Waals surface area contributed by atoms with Crippen LogP contribution in [-0.4, -0.2) is 34.4 Å². The van der Waals surface area contributed by atoms with E-state index in [4.69, 9.17) is 9.47 Å². The molecule has 0 bridgehead atoms. The molecule has 4 rings (SSSR count). The third kappa shape index (κ3) is 4.40. The van der Waals surface area contributed by atoms with E-state index in [-0.39, 0.29) is 5.91 Å². The summed E-state index contributed by atoms with van der Waals surface area (Å²) in [5.74, 6) is 1.77. The molecule has 0 fully saturated rings. The number of aromatic nitrogens is 2. The first-order chi connectivity index (χ1) is 14.1. The molecule has 0 atom stereocenters. The molecule has 0 aliphatic carbocycles. The van der Waals surface area contributed by atoms with E-state index in [1.807, 2.05) is 55.6 Å². The highest BCUT2D eigenvalue weighted by Gasteiger charge is 2.17. The lowest BCUT2D eigenvalue weighted by molar-refractivity contribution is -0.113. The molecule has 2 heterocycles. The molecule has 2 aromatic carbocycles. The van der Waals surface area contributed by atoms with E-state index in [9.17, 15) is 4.79 Å². The van der Waals surface area contributed by atoms with Crippen molar-refractivity contribution >= 4 is 23.4 Å². The first-order valence-corrected chi connectivity index (χ1v) is 10.6. The van der Waals surface area contributed by atoms with E-state index in [2.05, 4.69) is 21.8 Å². The summed E-state index contributed by atoms with van der Waals surface area (Å²) in [6, 6.07) is 13.7. The van der Waals surface area contributed by atoms with Crippen molar-refractivity contribution in [2.45, 2.75) is 25.5 Å². The number of benzene rings is 2. The molecule has 0 spiro atoms. The van der Waals surface area contributed by atoms with Crippen LogP contribution in [0, 0.1) is 6.92 Å². The van der Waals surface area contributed by atoms with Crippen LogP contribution in [0.3, 0.4) is 0 Å². The van der Waals surface area contributed by atoms with Crippen molar-refractivity contribution in [3.05, 3.63) is 54.2 Å². The van der Waals surface area contributed by atoms with Gasteiger partial charge in [0, 0.05) is 17.8 Å². The number of nitrogens with one attached hydrogen (secondary N) is 1. The van der Waals surface area contributed by atoms with Gasteiger partial charge < -0.3 is 19.4 Å². The smallest absolute Gasteiger partial charge is 0.234 e. The number of imidazole rings is 1. The van der Waals surface area contributed by atoms with Crippen molar-refractivity contribution in [3.63, 3.8) is 0 Å². The zero-order chi connectivity index (χ0) is 20.2. The first kappa shape index (κ1) is 19.4. The third-order valence-electron chi connectivity index (χ3n) is 4.64. The van der Waals surface area contributed by atoms with Gasteiger partial charge in [-0.1, -0.05) is 29.5 Å². The number of ether oxygens (including phenoxy) is 2. The number of carbonyl (C=O) groups is 1. The van der Waals surface area contributed by atoms with Gasteiger partial charge in [-0.3, -0.25) is 4.79 Å². The summed E-state index contributed by atoms with van der Waals surface area (Å²) < 4.78 is 13.4. The summed E-state index contributed by atoms with van der Waals surface area (Å²) in [6.07, 6.45) is 1.84. The number of nitrogens with zero attached hydrogens (tertiary/aromatic N) is 2. The molecule has 1 aliphatic rings. The van der Waals surface area contributed by atoms with Gasteiger partial charge in [-0.2, -0.15) is 0 Å². The highest BCUT2D eigenvalue weighted by molar-refractivity contribution is 7.99. The lowest BCUT2D eigenvalue weighted by Gasteiger charge is -2.19. The van der Waals surface area contributed by atoms with Crippen LogP contribution in [-0.2, 0) is 11.3 Å². The second-order valence-electron chi connectivity index (χ2n) is 6.73. The van der Waals surface area contributed by atoms with E-state index in [1.54, 1.807) is 0 Å². The Bertz CT molecular complexity index is 1010. The van der Waals surface area contributed by atoms with Crippen LogP contribution in [0.4, 0.5) is 5.69 Å². The van der Waals surface area contributed by atoms with Crippen LogP contribution in [0.25, 0.3) is 11.3 Å². The van der Waals surface area contributed by atoms with Crippen LogP contribution in [0.5, 0.6) is 11.5 Å². The highest BCUT2D eigenvalue weighted by atomic mass is 32.2. The minimum Gasteiger partial charge on any atom is -0.486 e. The van der Waals surface area contributed by atoms with Crippen molar-refractivity contribution in [1.29, 1.82) is 0 Å². The van der Waals surface area contributed by atoms with E-state index < -0.39 is 0 Å². The monoisotopic (exact) mass is 409 g/mol. The molecule has 1 aromatic heterocycles. The van der Waals surface area contributed by atoms with Gasteiger partial charge in [-0.05, 0) is 44.2 Å². The number of anilines is 1. The van der Waals surface area contributed by atoms with E-state index in [0.29, 0.717) is 19.0 Å². The number of rotatable bonds is 6. The van der Waals surface area contributed by atoms with Crippen LogP contribution in [0.1, 0.15) is 12.5 Å². The zero-order valence-corrected chi connectivity index (χ0v) is 17.3. The Balaban J connectivity index is 1.46. The molecule has 0 saturated carbocycles. The molecule has 3 aromatic rings. The van der Waals surface area contributed by atoms with Gasteiger partial charge in [0.15, 0.2) is 16.7 Å². The Morgan fingerprint density at radius 2 is 1.90 bits per heavy atom. The normalized spacial score (nSPS) is 12.6. The van der Waals surface area contributed by atoms with Gasteiger partial charge in [0.25, 0.3) is 0 Å². The van der Waals surface area contributed by atoms with Crippen molar-refractivity contribution < 1.29 is 14.3 Å². The summed E-state index contributed by atoms with van der Waals surface area (Å²) in [4.78, 5) is 16.8. The zero-order valence-electron chi connectivity index (χ0n) is 16.5. The largest absolute Gasteiger partial charge is 0.486 e. The molecular formula is C22H23N3O3S. The Hall–Kier alpha value is -2.93. The maximum Gasteiger partial charge on any atom is 0.234 e. The predicted octanol–water partition coefficient (Wildman–Crippen LogP) is 4.38. The number of hydrogen-bond acceptors (Lipinski definition) is 5. The molecule has 0 radical (unpaired) electrons. The quantitative estimate of drug-likeness (QED) is 0.612. The highest BCUT2D eigenvalue weighted by Crippen LogP contribution is 2.35. The summed E-state index contributed by atoms with van der Waals surface area (Å²) in [7, 11) is 0. The average molecular weight is 410 g/mol. The van der Waals surface area contributed by atoms with Gasteiger partial charge in [0.05, 0.1) is 17.6 Å². The van der Waals surface area contributed by atoms with Crippen molar-refractivity contribution in [2.75, 3.05) is 24.3 Å². The Labute approximate surface area is 174 Å². The number of fused-ring (bicyclic) bond motifs is 1. The van der Waals surface area contributed by atoms with Gasteiger partial charge in [-0.15, -0.1) is 0 Å². The topological polar surface area (TPSA) is 65.4 Å². The SMILES string of the molecule is CCn1c(-c2ccc3c(c2)OCCO3)cnc1SCC(=O)Nc1ccc(C)cc1. The lowest BCUT2D eigenvalue weighted by Crippen LogP contribution is -2.15. The first-order valence-electron chi connectivity index (χ1n) is 9.59. The molecular weight excluding hydrogens is 386 g/mol. The third-order valence-corrected chi connectivity index (χ3v) is 5.63. The molecule has 150 valence electrons. The van der Waals surface area contributed by atoms with Gasteiger partial charge >= 0.3 is 0 Å². The fourth-order valence-electron chi connectivity index (χ4n) is 3.18. The number of carbonyl (C=O) groups excluding carboxylic acids is 1. The Kier molecular flexibility index (Phi) is 5.76. The van der Waals surface area contributed by atoms with E-state index >= 15 is 0 Å². The molecule has 0 unspecified atom stereocenters. The van der Waals surface area contributed by atoms with Crippen molar-refractivity contribution in [2.24, 2.45) is 0 Å². The standard InChI is InChI=1S/C22H23N3O3S/c1-3-25-18(16-6-9-19-20(12-16)28-11-10-27-19)13-23-22(25)29-14-21(26)24-17-7-4-15(2)5-8-17/h4-9,12-13H,3,10-11,14H2,1-2H3,(H,24,26). The summed E-state index contributed by atoms with van der Waals surface area (Å²) in [5.41, 5.74) is 3.97. The average Bonchev–Trinajstić information content (AvgIpc) is 3.16. The second-order valence-corrected chi connectivity index (χ2v) is 7.67.